The maximum absolute atomic E-state index is 5.97. The maximum atomic E-state index is 5.97. The van der Waals surface area contributed by atoms with Crippen LogP contribution in [0.5, 0.6) is 0 Å². The van der Waals surface area contributed by atoms with Crippen molar-refractivity contribution in [2.45, 2.75) is 51.6 Å². The topological polar surface area (TPSA) is 24.7 Å². The van der Waals surface area contributed by atoms with E-state index in [9.17, 15) is 0 Å². The van der Waals surface area contributed by atoms with E-state index in [0.717, 1.165) is 6.42 Å². The van der Waals surface area contributed by atoms with Crippen LogP contribution in [0.2, 0.25) is 0 Å². The summed E-state index contributed by atoms with van der Waals surface area (Å²) in [5.74, 6) is 0. The zero-order valence-corrected chi connectivity index (χ0v) is 8.74. The van der Waals surface area contributed by atoms with Gasteiger partial charge in [0, 0.05) is 0 Å². The minimum Gasteiger partial charge on any atom is -0.187 e. The Bertz CT molecular complexity index is 145. The molecule has 0 aliphatic heterocycles. The summed E-state index contributed by atoms with van der Waals surface area (Å²) in [6.45, 7) is 9.86. The summed E-state index contributed by atoms with van der Waals surface area (Å²) in [5, 5.41) is 8.13. The van der Waals surface area contributed by atoms with Crippen LogP contribution >= 0.6 is 11.6 Å². The van der Waals surface area contributed by atoms with Gasteiger partial charge in [0.1, 0.15) is 0 Å². The van der Waals surface area contributed by atoms with Gasteiger partial charge < -0.3 is 0 Å². The first-order valence-corrected chi connectivity index (χ1v) is 4.27. The number of rotatable bonds is 2. The molecule has 2 nitrogen and oxygen atoms in total. The average Bonchev–Trinajstić information content (AvgIpc) is 1.83. The van der Waals surface area contributed by atoms with E-state index in [1.54, 1.807) is 0 Å². The van der Waals surface area contributed by atoms with Crippen LogP contribution in [0.4, 0.5) is 0 Å². The molecule has 0 radical (unpaired) electrons. The highest BCUT2D eigenvalue weighted by Crippen LogP contribution is 2.22. The highest BCUT2D eigenvalue weighted by molar-refractivity contribution is 6.23. The predicted molar refractivity (Wildman–Crippen MR) is 49.2 cm³/mol. The van der Waals surface area contributed by atoms with Gasteiger partial charge in [-0.25, -0.2) is 0 Å². The molecule has 0 rings (SSSR count). The van der Waals surface area contributed by atoms with Crippen molar-refractivity contribution in [3.63, 3.8) is 0 Å². The molecule has 66 valence electrons. The third kappa shape index (κ3) is 6.29. The Hall–Kier alpha value is -0.110. The van der Waals surface area contributed by atoms with Gasteiger partial charge in [-0.3, -0.25) is 0 Å². The molecule has 0 amide bonds. The second kappa shape index (κ2) is 3.53. The van der Waals surface area contributed by atoms with Gasteiger partial charge in [-0.2, -0.15) is 10.2 Å². The monoisotopic (exact) mass is 176 g/mol. The van der Waals surface area contributed by atoms with Crippen molar-refractivity contribution in [2.24, 2.45) is 10.2 Å². The Morgan fingerprint density at radius 3 is 1.82 bits per heavy atom. The number of hydrogen-bond acceptors (Lipinski definition) is 2. The summed E-state index contributed by atoms with van der Waals surface area (Å²) in [4.78, 5) is -0.521. The highest BCUT2D eigenvalue weighted by Gasteiger charge is 2.17. The third-order valence-electron chi connectivity index (χ3n) is 1.20. The second-order valence-corrected chi connectivity index (χ2v) is 4.68. The van der Waals surface area contributed by atoms with E-state index in [1.807, 2.05) is 34.6 Å². The molecule has 0 bridgehead atoms. The molecule has 0 N–H and O–H groups in total. The first-order valence-electron chi connectivity index (χ1n) is 3.90. The van der Waals surface area contributed by atoms with Gasteiger partial charge in [0.05, 0.1) is 5.54 Å². The van der Waals surface area contributed by atoms with Crippen molar-refractivity contribution in [2.75, 3.05) is 0 Å². The van der Waals surface area contributed by atoms with E-state index >= 15 is 0 Å². The number of nitrogens with zero attached hydrogens (tertiary/aromatic N) is 2. The Balaban J connectivity index is 4.13. The lowest BCUT2D eigenvalue weighted by molar-refractivity contribution is 0.491. The minimum atomic E-state index is -0.521. The molecule has 0 saturated carbocycles. The van der Waals surface area contributed by atoms with Gasteiger partial charge in [0.15, 0.2) is 5.00 Å². The largest absolute Gasteiger partial charge is 0.187 e. The van der Waals surface area contributed by atoms with Crippen LogP contribution < -0.4 is 0 Å². The first kappa shape index (κ1) is 10.9. The molecule has 1 atom stereocenters. The van der Waals surface area contributed by atoms with Crippen molar-refractivity contribution < 1.29 is 0 Å². The number of halogens is 1. The standard InChI is InChI=1S/C8H17ClN2/c1-6-8(5,9)11-10-7(2,3)4/h6H2,1-5H3/b11-10+. The van der Waals surface area contributed by atoms with Crippen molar-refractivity contribution in [1.29, 1.82) is 0 Å². The Morgan fingerprint density at radius 2 is 1.55 bits per heavy atom. The van der Waals surface area contributed by atoms with Gasteiger partial charge in [-0.1, -0.05) is 18.5 Å². The molecule has 0 aromatic heterocycles. The fourth-order valence-electron chi connectivity index (χ4n) is 0.325. The molecule has 0 spiro atoms. The second-order valence-electron chi connectivity index (χ2n) is 3.87. The van der Waals surface area contributed by atoms with E-state index in [1.165, 1.54) is 0 Å². The van der Waals surface area contributed by atoms with Crippen LogP contribution in [0.15, 0.2) is 10.2 Å². The zero-order valence-electron chi connectivity index (χ0n) is 7.98. The van der Waals surface area contributed by atoms with Gasteiger partial charge in [0.25, 0.3) is 0 Å². The molecule has 0 aliphatic carbocycles. The fourth-order valence-corrected chi connectivity index (χ4v) is 0.363. The van der Waals surface area contributed by atoms with Crippen LogP contribution in [0.1, 0.15) is 41.0 Å². The lowest BCUT2D eigenvalue weighted by Crippen LogP contribution is -2.14. The fraction of sp³-hybridized carbons (Fsp3) is 1.00. The summed E-state index contributed by atoms with van der Waals surface area (Å²) >= 11 is 5.97. The number of azo groups is 1. The Labute approximate surface area is 74.0 Å². The first-order chi connectivity index (χ1) is 4.77. The SMILES string of the molecule is CCC(C)(Cl)/N=N/C(C)(C)C. The van der Waals surface area contributed by atoms with Crippen molar-refractivity contribution in [3.05, 3.63) is 0 Å². The summed E-state index contributed by atoms with van der Waals surface area (Å²) < 4.78 is 0. The summed E-state index contributed by atoms with van der Waals surface area (Å²) in [7, 11) is 0. The maximum Gasteiger partial charge on any atom is 0.151 e. The van der Waals surface area contributed by atoms with E-state index in [0.29, 0.717) is 0 Å². The lowest BCUT2D eigenvalue weighted by Gasteiger charge is -2.16. The number of hydrogen-bond donors (Lipinski definition) is 0. The van der Waals surface area contributed by atoms with E-state index in [2.05, 4.69) is 10.2 Å². The normalized spacial score (nSPS) is 18.7. The number of alkyl halides is 1. The molecule has 0 saturated heterocycles. The molecule has 1 unspecified atom stereocenters. The third-order valence-corrected chi connectivity index (χ3v) is 1.55. The molecule has 3 heteroatoms. The molecule has 0 aliphatic rings. The summed E-state index contributed by atoms with van der Waals surface area (Å²) in [6.07, 6.45) is 0.800. The smallest absolute Gasteiger partial charge is 0.151 e. The molecule has 0 fully saturated rings. The van der Waals surface area contributed by atoms with Gasteiger partial charge >= 0.3 is 0 Å². The van der Waals surface area contributed by atoms with E-state index < -0.39 is 5.00 Å². The molecular weight excluding hydrogens is 160 g/mol. The Kier molecular flexibility index (Phi) is 3.49. The van der Waals surface area contributed by atoms with Crippen LogP contribution in [0.25, 0.3) is 0 Å². The zero-order chi connectivity index (χ0) is 9.12. The van der Waals surface area contributed by atoms with Gasteiger partial charge in [-0.15, -0.1) is 0 Å². The van der Waals surface area contributed by atoms with Crippen LogP contribution in [0.3, 0.4) is 0 Å². The van der Waals surface area contributed by atoms with Crippen molar-refractivity contribution >= 4 is 11.6 Å². The van der Waals surface area contributed by atoms with Crippen LogP contribution in [0, 0.1) is 0 Å². The molecule has 0 heterocycles. The van der Waals surface area contributed by atoms with Gasteiger partial charge in [-0.05, 0) is 34.1 Å². The van der Waals surface area contributed by atoms with E-state index in [-0.39, 0.29) is 5.54 Å². The average molecular weight is 177 g/mol. The van der Waals surface area contributed by atoms with E-state index in [4.69, 9.17) is 11.6 Å². The van der Waals surface area contributed by atoms with Crippen LogP contribution in [-0.4, -0.2) is 10.5 Å². The van der Waals surface area contributed by atoms with Crippen molar-refractivity contribution in [3.8, 4) is 0 Å². The summed E-state index contributed by atoms with van der Waals surface area (Å²) in [6, 6.07) is 0. The molecule has 0 aromatic rings. The van der Waals surface area contributed by atoms with Crippen molar-refractivity contribution in [1.82, 2.24) is 0 Å². The van der Waals surface area contributed by atoms with Crippen LogP contribution in [-0.2, 0) is 0 Å². The molecule has 11 heavy (non-hydrogen) atoms. The van der Waals surface area contributed by atoms with Gasteiger partial charge in [0.2, 0.25) is 0 Å². The Morgan fingerprint density at radius 1 is 1.09 bits per heavy atom. The molecule has 0 aromatic carbocycles. The molecular formula is C8H17ClN2. The summed E-state index contributed by atoms with van der Waals surface area (Å²) in [5.41, 5.74) is -0.120. The minimum absolute atomic E-state index is 0.120. The predicted octanol–water partition coefficient (Wildman–Crippen LogP) is 3.60. The quantitative estimate of drug-likeness (QED) is 0.349. The highest BCUT2D eigenvalue weighted by atomic mass is 35.5. The lowest BCUT2D eigenvalue weighted by atomic mass is 10.1.